The number of hydrogen-bond donors (Lipinski definition) is 0. The standard InChI is InChI=1S/C42H23BN2O3/c1-5-15-28-24(11-1)25-12-2-6-16-29(25)44(28)32-23-33(45-30-17-7-3-13-26(30)27-14-4-8-18-31(27)45)42-40-41(32)47-36-21-9-19-34-38(36)43(40)39-35(46-34)20-10-22-37(39)48-42/h1-23H. The fourth-order valence-electron chi connectivity index (χ4n) is 8.56. The summed E-state index contributed by atoms with van der Waals surface area (Å²) in [5.74, 6) is 4.87. The van der Waals surface area contributed by atoms with E-state index in [0.29, 0.717) is 0 Å². The SMILES string of the molecule is c1cc2c3c(c1)Oc1c(-n4c5ccccc5c5ccccc54)cc(-n4c5ccccc5c5ccccc54)c4c1B3c1c(cccc1O4)O2. The molecular weight excluding hydrogens is 591 g/mol. The van der Waals surface area contributed by atoms with Crippen LogP contribution in [-0.4, -0.2) is 15.8 Å². The van der Waals surface area contributed by atoms with Crippen LogP contribution in [0.15, 0.2) is 140 Å². The highest BCUT2D eigenvalue weighted by molar-refractivity contribution is 6.99. The maximum atomic E-state index is 7.06. The van der Waals surface area contributed by atoms with Crippen molar-refractivity contribution in [1.82, 2.24) is 9.13 Å². The van der Waals surface area contributed by atoms with Crippen LogP contribution in [0.25, 0.3) is 55.0 Å². The Labute approximate surface area is 274 Å². The van der Waals surface area contributed by atoms with Gasteiger partial charge < -0.3 is 23.3 Å². The van der Waals surface area contributed by atoms with Crippen LogP contribution in [-0.2, 0) is 0 Å². The largest absolute Gasteiger partial charge is 0.458 e. The molecule has 12 rings (SSSR count). The van der Waals surface area contributed by atoms with Crippen molar-refractivity contribution in [2.45, 2.75) is 0 Å². The minimum Gasteiger partial charge on any atom is -0.458 e. The number of fused-ring (bicyclic) bond motifs is 6. The molecule has 0 bridgehead atoms. The van der Waals surface area contributed by atoms with Gasteiger partial charge in [0.25, 0.3) is 6.71 Å². The van der Waals surface area contributed by atoms with Crippen molar-refractivity contribution in [2.75, 3.05) is 0 Å². The van der Waals surface area contributed by atoms with Gasteiger partial charge in [-0.15, -0.1) is 0 Å². The summed E-state index contributed by atoms with van der Waals surface area (Å²) in [5, 5.41) is 4.80. The molecule has 6 heteroatoms. The normalized spacial score (nSPS) is 13.5. The van der Waals surface area contributed by atoms with E-state index in [9.17, 15) is 0 Å². The topological polar surface area (TPSA) is 37.5 Å². The average molecular weight is 614 g/mol. The van der Waals surface area contributed by atoms with E-state index >= 15 is 0 Å². The summed E-state index contributed by atoms with van der Waals surface area (Å²) >= 11 is 0. The Bertz CT molecular complexity index is 2600. The highest BCUT2D eigenvalue weighted by atomic mass is 16.5. The molecule has 0 radical (unpaired) electrons. The Morgan fingerprint density at radius 3 is 1.10 bits per heavy atom. The summed E-state index contributed by atoms with van der Waals surface area (Å²) in [4.78, 5) is 0. The third kappa shape index (κ3) is 2.94. The van der Waals surface area contributed by atoms with Crippen molar-refractivity contribution in [3.05, 3.63) is 140 Å². The fraction of sp³-hybridized carbons (Fsp3) is 0. The Morgan fingerprint density at radius 1 is 0.354 bits per heavy atom. The lowest BCUT2D eigenvalue weighted by Crippen LogP contribution is -2.60. The summed E-state index contributed by atoms with van der Waals surface area (Å²) in [7, 11) is 0. The first kappa shape index (κ1) is 24.8. The van der Waals surface area contributed by atoms with Gasteiger partial charge in [0, 0.05) is 37.9 Å². The van der Waals surface area contributed by atoms with Crippen LogP contribution >= 0.6 is 0 Å². The maximum Gasteiger partial charge on any atom is 0.270 e. The van der Waals surface area contributed by atoms with Crippen molar-refractivity contribution in [3.63, 3.8) is 0 Å². The van der Waals surface area contributed by atoms with Gasteiger partial charge in [0.05, 0.1) is 33.4 Å². The third-order valence-corrected chi connectivity index (χ3v) is 10.4. The van der Waals surface area contributed by atoms with Crippen molar-refractivity contribution in [3.8, 4) is 45.9 Å². The van der Waals surface area contributed by atoms with E-state index < -0.39 is 0 Å². The van der Waals surface area contributed by atoms with Crippen LogP contribution < -0.4 is 30.6 Å². The van der Waals surface area contributed by atoms with Crippen molar-refractivity contribution < 1.29 is 14.2 Å². The van der Waals surface area contributed by atoms with E-state index in [0.717, 1.165) is 84.3 Å². The number of aromatic nitrogens is 2. The number of ether oxygens (including phenoxy) is 3. The zero-order chi connectivity index (χ0) is 31.1. The first-order chi connectivity index (χ1) is 23.8. The molecule has 2 aromatic heterocycles. The first-order valence-corrected chi connectivity index (χ1v) is 16.3. The van der Waals surface area contributed by atoms with E-state index in [1.165, 1.54) is 21.5 Å². The molecule has 0 atom stereocenters. The number of para-hydroxylation sites is 4. The van der Waals surface area contributed by atoms with Crippen molar-refractivity contribution in [2.24, 2.45) is 0 Å². The molecule has 0 fully saturated rings. The molecule has 0 saturated carbocycles. The minimum atomic E-state index is -0.122. The summed E-state index contributed by atoms with van der Waals surface area (Å²) in [5.41, 5.74) is 9.53. The van der Waals surface area contributed by atoms with E-state index in [1.807, 2.05) is 24.3 Å². The predicted octanol–water partition coefficient (Wildman–Crippen LogP) is 8.71. The van der Waals surface area contributed by atoms with Gasteiger partial charge in [-0.2, -0.15) is 0 Å². The summed E-state index contributed by atoms with van der Waals surface area (Å²) in [6.07, 6.45) is 0. The molecule has 7 aromatic carbocycles. The molecule has 3 aliphatic rings. The molecule has 48 heavy (non-hydrogen) atoms. The smallest absolute Gasteiger partial charge is 0.270 e. The highest BCUT2D eigenvalue weighted by Crippen LogP contribution is 2.48. The molecule has 0 aliphatic carbocycles. The number of benzene rings is 7. The molecule has 0 saturated heterocycles. The molecule has 0 N–H and O–H groups in total. The van der Waals surface area contributed by atoms with Gasteiger partial charge in [0.15, 0.2) is 11.5 Å². The lowest BCUT2D eigenvalue weighted by Gasteiger charge is -2.39. The van der Waals surface area contributed by atoms with Gasteiger partial charge in [0.1, 0.15) is 23.0 Å². The summed E-state index contributed by atoms with van der Waals surface area (Å²) in [6.45, 7) is -0.122. The van der Waals surface area contributed by atoms with Gasteiger partial charge in [-0.05, 0) is 54.6 Å². The third-order valence-electron chi connectivity index (χ3n) is 10.4. The Balaban J connectivity index is 1.30. The fourth-order valence-corrected chi connectivity index (χ4v) is 8.56. The summed E-state index contributed by atoms with van der Waals surface area (Å²) in [6, 6.07) is 49.1. The molecule has 9 aromatic rings. The zero-order valence-corrected chi connectivity index (χ0v) is 25.5. The monoisotopic (exact) mass is 614 g/mol. The molecule has 0 unspecified atom stereocenters. The quantitative estimate of drug-likeness (QED) is 0.183. The van der Waals surface area contributed by atoms with Gasteiger partial charge in [-0.3, -0.25) is 0 Å². The summed E-state index contributed by atoms with van der Waals surface area (Å²) < 4.78 is 25.4. The Hall–Kier alpha value is -6.40. The van der Waals surface area contributed by atoms with Gasteiger partial charge >= 0.3 is 0 Å². The highest BCUT2D eigenvalue weighted by Gasteiger charge is 2.48. The molecule has 0 spiro atoms. The molecule has 3 aliphatic heterocycles. The van der Waals surface area contributed by atoms with E-state index in [4.69, 9.17) is 14.2 Å². The predicted molar refractivity (Wildman–Crippen MR) is 193 cm³/mol. The number of rotatable bonds is 2. The van der Waals surface area contributed by atoms with Gasteiger partial charge in [-0.1, -0.05) is 84.9 Å². The van der Waals surface area contributed by atoms with Crippen LogP contribution in [0.5, 0.6) is 34.5 Å². The average Bonchev–Trinajstić information content (AvgIpc) is 3.65. The lowest BCUT2D eigenvalue weighted by atomic mass is 9.33. The minimum absolute atomic E-state index is 0.122. The Kier molecular flexibility index (Phi) is 4.49. The Morgan fingerprint density at radius 2 is 0.708 bits per heavy atom. The van der Waals surface area contributed by atoms with E-state index in [-0.39, 0.29) is 6.71 Å². The van der Waals surface area contributed by atoms with E-state index in [1.54, 1.807) is 0 Å². The zero-order valence-electron chi connectivity index (χ0n) is 25.5. The van der Waals surface area contributed by atoms with Gasteiger partial charge in [-0.25, -0.2) is 0 Å². The van der Waals surface area contributed by atoms with Crippen LogP contribution in [0, 0.1) is 0 Å². The van der Waals surface area contributed by atoms with Crippen LogP contribution in [0.3, 0.4) is 0 Å². The van der Waals surface area contributed by atoms with E-state index in [2.05, 4.69) is 124 Å². The number of hydrogen-bond acceptors (Lipinski definition) is 3. The van der Waals surface area contributed by atoms with Crippen molar-refractivity contribution in [1.29, 1.82) is 0 Å². The second kappa shape index (κ2) is 8.69. The molecular formula is C42H23BN2O3. The molecule has 0 amide bonds. The second-order valence-electron chi connectivity index (χ2n) is 12.8. The van der Waals surface area contributed by atoms with Gasteiger partial charge in [0.2, 0.25) is 0 Å². The molecule has 5 heterocycles. The first-order valence-electron chi connectivity index (χ1n) is 16.3. The number of nitrogens with zero attached hydrogens (tertiary/aromatic N) is 2. The maximum absolute atomic E-state index is 7.06. The van der Waals surface area contributed by atoms with Crippen LogP contribution in [0.4, 0.5) is 0 Å². The molecule has 222 valence electrons. The van der Waals surface area contributed by atoms with Crippen LogP contribution in [0.2, 0.25) is 0 Å². The second-order valence-corrected chi connectivity index (χ2v) is 12.8. The van der Waals surface area contributed by atoms with Crippen molar-refractivity contribution >= 4 is 66.7 Å². The lowest BCUT2D eigenvalue weighted by molar-refractivity contribution is 0.441. The van der Waals surface area contributed by atoms with Crippen LogP contribution in [0.1, 0.15) is 0 Å². The molecule has 5 nitrogen and oxygen atoms in total.